The van der Waals surface area contributed by atoms with Crippen molar-refractivity contribution in [3.8, 4) is 0 Å². The Kier molecular flexibility index (Phi) is 3.81. The van der Waals surface area contributed by atoms with Gasteiger partial charge in [-0.15, -0.1) is 0 Å². The zero-order valence-corrected chi connectivity index (χ0v) is 11.9. The number of sulfonamides is 1. The van der Waals surface area contributed by atoms with Gasteiger partial charge in [-0.25, -0.2) is 13.2 Å². The lowest BCUT2D eigenvalue weighted by Crippen LogP contribution is -2.17. The van der Waals surface area contributed by atoms with Crippen LogP contribution in [-0.2, 0) is 10.0 Å². The number of benzene rings is 1. The summed E-state index contributed by atoms with van der Waals surface area (Å²) in [6.07, 6.45) is 1.45. The molecular formula is C13H13N3O4S. The minimum absolute atomic E-state index is 0.159. The molecule has 0 amide bonds. The molecule has 1 aromatic heterocycles. The Labute approximate surface area is 121 Å². The fraction of sp³-hybridized carbons (Fsp3) is 0.0769. The average molecular weight is 307 g/mol. The summed E-state index contributed by atoms with van der Waals surface area (Å²) in [4.78, 5) is 14.7. The maximum Gasteiger partial charge on any atom is 0.337 e. The van der Waals surface area contributed by atoms with E-state index in [2.05, 4.69) is 9.71 Å². The van der Waals surface area contributed by atoms with Gasteiger partial charge in [-0.1, -0.05) is 0 Å². The Morgan fingerprint density at radius 3 is 2.62 bits per heavy atom. The molecule has 1 aromatic carbocycles. The number of aromatic nitrogens is 1. The molecule has 0 aliphatic heterocycles. The average Bonchev–Trinajstić information content (AvgIpc) is 2.37. The van der Waals surface area contributed by atoms with Crippen LogP contribution in [0, 0.1) is 6.92 Å². The molecule has 2 aromatic rings. The Hall–Kier alpha value is -2.61. The van der Waals surface area contributed by atoms with Crippen molar-refractivity contribution in [2.45, 2.75) is 11.8 Å². The standard InChI is InChI=1S/C13H13N3O4S/c1-8-6-10(4-5-15-8)16-21(19,20)12-7-9(14)2-3-11(12)13(17)18/h2-7H,14H2,1H3,(H,15,16)(H,17,18). The first-order valence-corrected chi connectivity index (χ1v) is 7.36. The Morgan fingerprint density at radius 1 is 1.29 bits per heavy atom. The van der Waals surface area contributed by atoms with Crippen LogP contribution in [0.25, 0.3) is 0 Å². The first-order chi connectivity index (χ1) is 9.79. The zero-order valence-electron chi connectivity index (χ0n) is 11.1. The topological polar surface area (TPSA) is 122 Å². The molecule has 0 spiro atoms. The Bertz CT molecular complexity index is 803. The smallest absolute Gasteiger partial charge is 0.337 e. The van der Waals surface area contributed by atoms with Crippen molar-refractivity contribution < 1.29 is 18.3 Å². The van der Waals surface area contributed by atoms with Crippen molar-refractivity contribution in [1.29, 1.82) is 0 Å². The van der Waals surface area contributed by atoms with Crippen molar-refractivity contribution >= 4 is 27.4 Å². The fourth-order valence-electron chi connectivity index (χ4n) is 1.76. The maximum atomic E-state index is 12.3. The molecule has 0 aliphatic rings. The van der Waals surface area contributed by atoms with Gasteiger partial charge >= 0.3 is 5.97 Å². The van der Waals surface area contributed by atoms with Crippen molar-refractivity contribution in [1.82, 2.24) is 4.98 Å². The van der Waals surface area contributed by atoms with Crippen LogP contribution in [0.3, 0.4) is 0 Å². The second-order valence-electron chi connectivity index (χ2n) is 4.35. The summed E-state index contributed by atoms with van der Waals surface area (Å²) in [5.74, 6) is -1.35. The number of carboxylic acid groups (broad SMARTS) is 1. The van der Waals surface area contributed by atoms with E-state index in [0.717, 1.165) is 12.1 Å². The van der Waals surface area contributed by atoms with Crippen LogP contribution in [0.4, 0.5) is 11.4 Å². The minimum Gasteiger partial charge on any atom is -0.478 e. The van der Waals surface area contributed by atoms with E-state index < -0.39 is 16.0 Å². The van der Waals surface area contributed by atoms with Gasteiger partial charge in [-0.3, -0.25) is 9.71 Å². The van der Waals surface area contributed by atoms with Crippen molar-refractivity contribution in [3.05, 3.63) is 47.8 Å². The van der Waals surface area contributed by atoms with E-state index in [0.29, 0.717) is 11.4 Å². The highest BCUT2D eigenvalue weighted by molar-refractivity contribution is 7.92. The van der Waals surface area contributed by atoms with E-state index in [1.807, 2.05) is 0 Å². The number of nitrogens with one attached hydrogen (secondary N) is 1. The molecule has 21 heavy (non-hydrogen) atoms. The lowest BCUT2D eigenvalue weighted by atomic mass is 10.2. The van der Waals surface area contributed by atoms with Crippen molar-refractivity contribution in [2.75, 3.05) is 10.5 Å². The maximum absolute atomic E-state index is 12.3. The number of hydrogen-bond acceptors (Lipinski definition) is 5. The van der Waals surface area contributed by atoms with E-state index in [9.17, 15) is 13.2 Å². The van der Waals surface area contributed by atoms with Crippen LogP contribution in [0.5, 0.6) is 0 Å². The molecule has 0 unspecified atom stereocenters. The highest BCUT2D eigenvalue weighted by atomic mass is 32.2. The lowest BCUT2D eigenvalue weighted by molar-refractivity contribution is 0.0692. The summed E-state index contributed by atoms with van der Waals surface area (Å²) in [5.41, 5.74) is 6.28. The highest BCUT2D eigenvalue weighted by Gasteiger charge is 2.22. The van der Waals surface area contributed by atoms with E-state index in [1.54, 1.807) is 6.92 Å². The van der Waals surface area contributed by atoms with Crippen LogP contribution >= 0.6 is 0 Å². The van der Waals surface area contributed by atoms with Crippen LogP contribution in [0.1, 0.15) is 16.1 Å². The van der Waals surface area contributed by atoms with Gasteiger partial charge in [-0.05, 0) is 37.3 Å². The lowest BCUT2D eigenvalue weighted by Gasteiger charge is -2.11. The first kappa shape index (κ1) is 14.8. The summed E-state index contributed by atoms with van der Waals surface area (Å²) in [7, 11) is -4.07. The number of carbonyl (C=O) groups is 1. The molecule has 0 fully saturated rings. The zero-order chi connectivity index (χ0) is 15.6. The van der Waals surface area contributed by atoms with Crippen LogP contribution in [0.2, 0.25) is 0 Å². The number of pyridine rings is 1. The number of aryl methyl sites for hydroxylation is 1. The highest BCUT2D eigenvalue weighted by Crippen LogP contribution is 2.22. The molecule has 4 N–H and O–H groups in total. The molecule has 1 heterocycles. The quantitative estimate of drug-likeness (QED) is 0.735. The van der Waals surface area contributed by atoms with E-state index >= 15 is 0 Å². The number of aromatic carboxylic acids is 1. The predicted molar refractivity (Wildman–Crippen MR) is 77.6 cm³/mol. The molecule has 7 nitrogen and oxygen atoms in total. The van der Waals surface area contributed by atoms with Gasteiger partial charge in [0.15, 0.2) is 0 Å². The number of nitrogen functional groups attached to an aromatic ring is 1. The van der Waals surface area contributed by atoms with Gasteiger partial charge in [0.05, 0.1) is 11.3 Å². The summed E-state index contributed by atoms with van der Waals surface area (Å²) in [6, 6.07) is 6.60. The molecule has 0 radical (unpaired) electrons. The number of hydrogen-bond donors (Lipinski definition) is 3. The molecular weight excluding hydrogens is 294 g/mol. The monoisotopic (exact) mass is 307 g/mol. The fourth-order valence-corrected chi connectivity index (χ4v) is 3.04. The third-order valence-electron chi connectivity index (χ3n) is 2.67. The Balaban J connectivity index is 2.49. The van der Waals surface area contributed by atoms with E-state index in [4.69, 9.17) is 10.8 Å². The second kappa shape index (κ2) is 5.41. The second-order valence-corrected chi connectivity index (χ2v) is 6.00. The van der Waals surface area contributed by atoms with Gasteiger partial charge < -0.3 is 10.8 Å². The Morgan fingerprint density at radius 2 is 2.00 bits per heavy atom. The van der Waals surface area contributed by atoms with Gasteiger partial charge in [0, 0.05) is 17.6 Å². The normalized spacial score (nSPS) is 11.1. The van der Waals surface area contributed by atoms with Crippen LogP contribution < -0.4 is 10.5 Å². The van der Waals surface area contributed by atoms with Crippen LogP contribution in [0.15, 0.2) is 41.4 Å². The number of carboxylic acids is 1. The third kappa shape index (κ3) is 3.29. The first-order valence-electron chi connectivity index (χ1n) is 5.88. The van der Waals surface area contributed by atoms with Crippen molar-refractivity contribution in [2.24, 2.45) is 0 Å². The number of anilines is 2. The van der Waals surface area contributed by atoms with Gasteiger partial charge in [0.1, 0.15) is 4.90 Å². The largest absolute Gasteiger partial charge is 0.478 e. The molecule has 110 valence electrons. The minimum atomic E-state index is -4.07. The number of nitrogens with two attached hydrogens (primary N) is 1. The summed E-state index contributed by atoms with van der Waals surface area (Å²) in [6.45, 7) is 1.71. The van der Waals surface area contributed by atoms with Gasteiger partial charge in [-0.2, -0.15) is 0 Å². The van der Waals surface area contributed by atoms with Gasteiger partial charge in [0.2, 0.25) is 0 Å². The molecule has 0 atom stereocenters. The molecule has 0 aliphatic carbocycles. The molecule has 0 bridgehead atoms. The van der Waals surface area contributed by atoms with E-state index in [-0.39, 0.29) is 16.1 Å². The molecule has 8 heteroatoms. The number of rotatable bonds is 4. The van der Waals surface area contributed by atoms with Gasteiger partial charge in [0.25, 0.3) is 10.0 Å². The summed E-state index contributed by atoms with van der Waals surface area (Å²) < 4.78 is 27.0. The van der Waals surface area contributed by atoms with E-state index in [1.165, 1.54) is 24.4 Å². The molecule has 0 saturated carbocycles. The third-order valence-corrected chi connectivity index (χ3v) is 4.10. The van der Waals surface area contributed by atoms with Crippen LogP contribution in [-0.4, -0.2) is 24.5 Å². The summed E-state index contributed by atoms with van der Waals surface area (Å²) in [5, 5.41) is 9.09. The molecule has 2 rings (SSSR count). The SMILES string of the molecule is Cc1cc(NS(=O)(=O)c2cc(N)ccc2C(=O)O)ccn1. The summed E-state index contributed by atoms with van der Waals surface area (Å²) >= 11 is 0. The van der Waals surface area contributed by atoms with Crippen molar-refractivity contribution in [3.63, 3.8) is 0 Å². The molecule has 0 saturated heterocycles. The number of nitrogens with zero attached hydrogens (tertiary/aromatic N) is 1. The predicted octanol–water partition coefficient (Wildman–Crippen LogP) is 1.47.